The number of likely N-dealkylation sites (N-methyl/N-ethyl adjacent to an activating group) is 1. The standard InChI is InChI=1S/C27H32N6O3S/c1-4-32(5-2)18(3)16-28-27(34)19-13-22(30-26(14-19)36-20-9-11-35-17-20)23-15-25-29-21(8-10-33(25)31-23)24-7-6-12-37-24/h6-8,10,12-15,18,20H,4-5,9,11,16-17H2,1-3H3,(H,28,34)/t18-,20-/m0/s1. The van der Waals surface area contributed by atoms with E-state index in [2.05, 4.69) is 36.1 Å². The molecule has 0 radical (unpaired) electrons. The molecule has 0 saturated carbocycles. The first kappa shape index (κ1) is 25.3. The number of nitrogens with one attached hydrogen (secondary N) is 1. The van der Waals surface area contributed by atoms with E-state index in [4.69, 9.17) is 19.4 Å². The van der Waals surface area contributed by atoms with Gasteiger partial charge in [-0.1, -0.05) is 19.9 Å². The van der Waals surface area contributed by atoms with E-state index in [1.165, 1.54) is 0 Å². The number of amides is 1. The van der Waals surface area contributed by atoms with Gasteiger partial charge in [0.2, 0.25) is 5.88 Å². The van der Waals surface area contributed by atoms with Gasteiger partial charge in [-0.15, -0.1) is 11.3 Å². The van der Waals surface area contributed by atoms with Gasteiger partial charge >= 0.3 is 0 Å². The molecule has 4 aromatic heterocycles. The normalized spacial score (nSPS) is 16.4. The molecule has 0 aliphatic carbocycles. The van der Waals surface area contributed by atoms with Crippen LogP contribution >= 0.6 is 11.3 Å². The van der Waals surface area contributed by atoms with Gasteiger partial charge < -0.3 is 14.8 Å². The number of thiophene rings is 1. The molecule has 1 N–H and O–H groups in total. The van der Waals surface area contributed by atoms with E-state index in [9.17, 15) is 4.79 Å². The first-order valence-electron chi connectivity index (χ1n) is 12.7. The molecule has 1 aliphatic heterocycles. The lowest BCUT2D eigenvalue weighted by molar-refractivity contribution is 0.0936. The fourth-order valence-electron chi connectivity index (χ4n) is 4.49. The summed E-state index contributed by atoms with van der Waals surface area (Å²) in [6.45, 7) is 9.96. The number of ether oxygens (including phenoxy) is 2. The van der Waals surface area contributed by atoms with Gasteiger partial charge in [-0.05, 0) is 43.6 Å². The number of hydrogen-bond donors (Lipinski definition) is 1. The minimum Gasteiger partial charge on any atom is -0.472 e. The minimum absolute atomic E-state index is 0.0857. The van der Waals surface area contributed by atoms with Crippen molar-refractivity contribution < 1.29 is 14.3 Å². The van der Waals surface area contributed by atoms with Crippen LogP contribution in [0.1, 0.15) is 37.6 Å². The highest BCUT2D eigenvalue weighted by molar-refractivity contribution is 7.13. The van der Waals surface area contributed by atoms with Crippen molar-refractivity contribution in [2.24, 2.45) is 0 Å². The van der Waals surface area contributed by atoms with E-state index in [0.29, 0.717) is 48.2 Å². The summed E-state index contributed by atoms with van der Waals surface area (Å²) in [5.41, 5.74) is 3.26. The van der Waals surface area contributed by atoms with Crippen LogP contribution in [0.4, 0.5) is 0 Å². The summed E-state index contributed by atoms with van der Waals surface area (Å²) in [5.74, 6) is 0.219. The zero-order chi connectivity index (χ0) is 25.8. The third-order valence-corrected chi connectivity index (χ3v) is 7.49. The number of aromatic nitrogens is 4. The molecular weight excluding hydrogens is 488 g/mol. The number of carbonyl (C=O) groups excluding carboxylic acids is 1. The summed E-state index contributed by atoms with van der Waals surface area (Å²) in [5, 5.41) is 9.78. The SMILES string of the molecule is CCN(CC)[C@@H](C)CNC(=O)c1cc(O[C@H]2CCOC2)nc(-c2cc3nc(-c4cccs4)ccn3n2)c1. The Kier molecular flexibility index (Phi) is 7.78. The lowest BCUT2D eigenvalue weighted by Gasteiger charge is -2.26. The fraction of sp³-hybridized carbons (Fsp3) is 0.407. The topological polar surface area (TPSA) is 93.9 Å². The molecule has 5 heterocycles. The quantitative estimate of drug-likeness (QED) is 0.336. The molecule has 1 fully saturated rings. The number of pyridine rings is 1. The zero-order valence-corrected chi connectivity index (χ0v) is 22.2. The predicted octanol–water partition coefficient (Wildman–Crippen LogP) is 4.15. The van der Waals surface area contributed by atoms with Crippen molar-refractivity contribution in [3.05, 3.63) is 53.5 Å². The van der Waals surface area contributed by atoms with Crippen molar-refractivity contribution in [2.45, 2.75) is 39.3 Å². The molecule has 1 aliphatic rings. The molecule has 37 heavy (non-hydrogen) atoms. The van der Waals surface area contributed by atoms with Gasteiger partial charge in [0.25, 0.3) is 5.91 Å². The van der Waals surface area contributed by atoms with Crippen LogP contribution in [0, 0.1) is 0 Å². The molecule has 0 unspecified atom stereocenters. The second-order valence-electron chi connectivity index (χ2n) is 9.09. The van der Waals surface area contributed by atoms with Crippen molar-refractivity contribution in [3.63, 3.8) is 0 Å². The van der Waals surface area contributed by atoms with Gasteiger partial charge in [0.05, 0.1) is 29.5 Å². The molecule has 4 aromatic rings. The molecule has 1 saturated heterocycles. The van der Waals surface area contributed by atoms with Crippen LogP contribution in [0.2, 0.25) is 0 Å². The largest absolute Gasteiger partial charge is 0.472 e. The number of rotatable bonds is 10. The van der Waals surface area contributed by atoms with E-state index in [0.717, 1.165) is 30.1 Å². The highest BCUT2D eigenvalue weighted by Gasteiger charge is 2.21. The fourth-order valence-corrected chi connectivity index (χ4v) is 5.18. The average Bonchev–Trinajstić information content (AvgIpc) is 3.69. The van der Waals surface area contributed by atoms with Crippen LogP contribution in [0.25, 0.3) is 27.6 Å². The van der Waals surface area contributed by atoms with Crippen LogP contribution in [0.3, 0.4) is 0 Å². The molecule has 10 heteroatoms. The summed E-state index contributed by atoms with van der Waals surface area (Å²) in [6, 6.07) is 11.6. The Morgan fingerprint density at radius 3 is 2.81 bits per heavy atom. The van der Waals surface area contributed by atoms with Crippen molar-refractivity contribution in [1.29, 1.82) is 0 Å². The number of carbonyl (C=O) groups is 1. The predicted molar refractivity (Wildman–Crippen MR) is 144 cm³/mol. The summed E-state index contributed by atoms with van der Waals surface area (Å²) < 4.78 is 13.3. The molecule has 0 spiro atoms. The molecule has 0 bridgehead atoms. The molecule has 0 aromatic carbocycles. The van der Waals surface area contributed by atoms with Gasteiger partial charge in [-0.2, -0.15) is 5.10 Å². The van der Waals surface area contributed by atoms with E-state index in [-0.39, 0.29) is 18.1 Å². The van der Waals surface area contributed by atoms with Gasteiger partial charge in [0.1, 0.15) is 11.8 Å². The summed E-state index contributed by atoms with van der Waals surface area (Å²) in [6.07, 6.45) is 2.59. The maximum atomic E-state index is 13.2. The Hall–Kier alpha value is -3.34. The molecule has 9 nitrogen and oxygen atoms in total. The highest BCUT2D eigenvalue weighted by atomic mass is 32.1. The first-order valence-corrected chi connectivity index (χ1v) is 13.6. The molecular formula is C27H32N6O3S. The number of fused-ring (bicyclic) bond motifs is 1. The van der Waals surface area contributed by atoms with Crippen molar-refractivity contribution in [2.75, 3.05) is 32.8 Å². The zero-order valence-electron chi connectivity index (χ0n) is 21.4. The monoisotopic (exact) mass is 520 g/mol. The molecule has 1 amide bonds. The van der Waals surface area contributed by atoms with Gasteiger partial charge in [-0.3, -0.25) is 9.69 Å². The van der Waals surface area contributed by atoms with Crippen molar-refractivity contribution >= 4 is 22.9 Å². The maximum absolute atomic E-state index is 13.2. The lowest BCUT2D eigenvalue weighted by atomic mass is 10.1. The third-order valence-electron chi connectivity index (χ3n) is 6.59. The van der Waals surface area contributed by atoms with Crippen LogP contribution < -0.4 is 10.1 Å². The van der Waals surface area contributed by atoms with E-state index >= 15 is 0 Å². The Labute approximate surface area is 220 Å². The second-order valence-corrected chi connectivity index (χ2v) is 10.0. The van der Waals surface area contributed by atoms with Crippen molar-refractivity contribution in [3.8, 4) is 27.8 Å². The number of nitrogens with zero attached hydrogens (tertiary/aromatic N) is 5. The van der Waals surface area contributed by atoms with Crippen molar-refractivity contribution in [1.82, 2.24) is 29.8 Å². The second kappa shape index (κ2) is 11.4. The molecule has 2 atom stereocenters. The van der Waals surface area contributed by atoms with Crippen LogP contribution in [-0.2, 0) is 4.74 Å². The highest BCUT2D eigenvalue weighted by Crippen LogP contribution is 2.26. The first-order chi connectivity index (χ1) is 18.0. The van der Waals surface area contributed by atoms with E-state index < -0.39 is 0 Å². The van der Waals surface area contributed by atoms with E-state index in [1.807, 2.05) is 35.8 Å². The molecule has 5 rings (SSSR count). The maximum Gasteiger partial charge on any atom is 0.251 e. The van der Waals surface area contributed by atoms with Crippen LogP contribution in [-0.4, -0.2) is 75.4 Å². The summed E-state index contributed by atoms with van der Waals surface area (Å²) >= 11 is 1.64. The Morgan fingerprint density at radius 2 is 2.08 bits per heavy atom. The Bertz CT molecular complexity index is 1350. The smallest absolute Gasteiger partial charge is 0.251 e. The summed E-state index contributed by atoms with van der Waals surface area (Å²) in [4.78, 5) is 26.1. The Balaban J connectivity index is 1.44. The molecule has 194 valence electrons. The minimum atomic E-state index is -0.169. The number of hydrogen-bond acceptors (Lipinski definition) is 8. The van der Waals surface area contributed by atoms with Gasteiger partial charge in [-0.25, -0.2) is 14.5 Å². The third kappa shape index (κ3) is 5.82. The lowest BCUT2D eigenvalue weighted by Crippen LogP contribution is -2.42. The van der Waals surface area contributed by atoms with Crippen LogP contribution in [0.15, 0.2) is 48.0 Å². The van der Waals surface area contributed by atoms with Gasteiger partial charge in [0, 0.05) is 42.9 Å². The Morgan fingerprint density at radius 1 is 1.22 bits per heavy atom. The van der Waals surface area contributed by atoms with Gasteiger partial charge in [0.15, 0.2) is 5.65 Å². The van der Waals surface area contributed by atoms with Crippen LogP contribution in [0.5, 0.6) is 5.88 Å². The average molecular weight is 521 g/mol. The van der Waals surface area contributed by atoms with E-state index in [1.54, 1.807) is 28.0 Å². The summed E-state index contributed by atoms with van der Waals surface area (Å²) in [7, 11) is 0.